The van der Waals surface area contributed by atoms with E-state index in [-0.39, 0.29) is 6.61 Å². The van der Waals surface area contributed by atoms with Crippen molar-refractivity contribution in [3.05, 3.63) is 0 Å². The zero-order valence-corrected chi connectivity index (χ0v) is 13.9. The van der Waals surface area contributed by atoms with Gasteiger partial charge in [-0.3, -0.25) is 18.1 Å². The van der Waals surface area contributed by atoms with Gasteiger partial charge in [0.05, 0.1) is 12.6 Å². The van der Waals surface area contributed by atoms with Gasteiger partial charge in [-0.15, -0.1) is 0 Å². The van der Waals surface area contributed by atoms with E-state index in [1.807, 2.05) is 0 Å². The van der Waals surface area contributed by atoms with E-state index in [0.29, 0.717) is 0 Å². The molecule has 3 unspecified atom stereocenters. The van der Waals surface area contributed by atoms with Crippen LogP contribution in [0.15, 0.2) is 0 Å². The Labute approximate surface area is 123 Å². The van der Waals surface area contributed by atoms with Crippen molar-refractivity contribution in [2.45, 2.75) is 24.3 Å². The molecule has 21 heavy (non-hydrogen) atoms. The lowest BCUT2D eigenvalue weighted by Crippen LogP contribution is -2.38. The Morgan fingerprint density at radius 2 is 1.67 bits per heavy atom. The molecule has 13 heteroatoms. The number of phosphoric ester groups is 2. The predicted octanol–water partition coefficient (Wildman–Crippen LogP) is -0.745. The highest BCUT2D eigenvalue weighted by Crippen LogP contribution is 2.48. The summed E-state index contributed by atoms with van der Waals surface area (Å²) in [6, 6.07) is -0.480. The molecular formula is C8H19BO10P2. The van der Waals surface area contributed by atoms with E-state index >= 15 is 0 Å². The van der Waals surface area contributed by atoms with E-state index in [0.717, 1.165) is 14.2 Å². The number of phosphoric acid groups is 2. The van der Waals surface area contributed by atoms with Gasteiger partial charge in [0.25, 0.3) is 0 Å². The minimum absolute atomic E-state index is 0.389. The molecule has 2 N–H and O–H groups in total. The monoisotopic (exact) mass is 348 g/mol. The van der Waals surface area contributed by atoms with Crippen molar-refractivity contribution in [3.63, 3.8) is 0 Å². The minimum Gasteiger partial charge on any atom is -0.377 e. The number of methoxy groups -OCH3 is 1. The van der Waals surface area contributed by atoms with Crippen molar-refractivity contribution >= 4 is 23.5 Å². The summed E-state index contributed by atoms with van der Waals surface area (Å²) in [5.74, 6) is 0. The quantitative estimate of drug-likeness (QED) is 0.427. The largest absolute Gasteiger partial charge is 0.472 e. The van der Waals surface area contributed by atoms with Crippen LogP contribution >= 0.6 is 15.6 Å². The summed E-state index contributed by atoms with van der Waals surface area (Å²) in [4.78, 5) is 18.6. The minimum atomic E-state index is -4.29. The van der Waals surface area contributed by atoms with Gasteiger partial charge in [-0.1, -0.05) is 0 Å². The topological polar surface area (TPSA) is 130 Å². The van der Waals surface area contributed by atoms with Crippen molar-refractivity contribution in [1.82, 2.24) is 0 Å². The fourth-order valence-corrected chi connectivity index (χ4v) is 3.00. The second kappa shape index (κ2) is 7.65. The molecule has 0 aromatic heterocycles. The predicted molar refractivity (Wildman–Crippen MR) is 72.5 cm³/mol. The first-order chi connectivity index (χ1) is 9.65. The average molecular weight is 348 g/mol. The van der Waals surface area contributed by atoms with Crippen LogP contribution in [0.25, 0.3) is 0 Å². The van der Waals surface area contributed by atoms with Crippen molar-refractivity contribution in [1.29, 1.82) is 0 Å². The van der Waals surface area contributed by atoms with Crippen LogP contribution in [0.5, 0.6) is 0 Å². The molecular weight excluding hydrogens is 329 g/mol. The molecule has 6 atom stereocenters. The van der Waals surface area contributed by atoms with Gasteiger partial charge in [0.1, 0.15) is 26.2 Å². The highest BCUT2D eigenvalue weighted by atomic mass is 31.2. The lowest BCUT2D eigenvalue weighted by molar-refractivity contribution is -0.0170. The van der Waals surface area contributed by atoms with Gasteiger partial charge >= 0.3 is 15.6 Å². The van der Waals surface area contributed by atoms with E-state index in [4.69, 9.17) is 18.5 Å². The maximum Gasteiger partial charge on any atom is 0.472 e. The van der Waals surface area contributed by atoms with Gasteiger partial charge in [0.2, 0.25) is 0 Å². The fourth-order valence-electron chi connectivity index (χ4n) is 1.91. The molecule has 1 aliphatic rings. The van der Waals surface area contributed by atoms with Gasteiger partial charge < -0.3 is 19.3 Å². The third-order valence-corrected chi connectivity index (χ3v) is 4.84. The van der Waals surface area contributed by atoms with Crippen LogP contribution in [0.2, 0.25) is 0 Å². The maximum absolute atomic E-state index is 11.5. The molecule has 0 bridgehead atoms. The highest BCUT2D eigenvalue weighted by Gasteiger charge is 2.47. The molecule has 1 saturated heterocycles. The van der Waals surface area contributed by atoms with Crippen LogP contribution in [-0.4, -0.2) is 69.9 Å². The molecule has 0 radical (unpaired) electrons. The molecule has 0 aromatic carbocycles. The summed E-state index contributed by atoms with van der Waals surface area (Å²) in [5.41, 5.74) is 0. The Bertz CT molecular complexity index is 433. The molecule has 0 saturated carbocycles. The van der Waals surface area contributed by atoms with Crippen molar-refractivity contribution in [3.8, 4) is 0 Å². The van der Waals surface area contributed by atoms with E-state index in [1.165, 1.54) is 7.11 Å². The van der Waals surface area contributed by atoms with Crippen LogP contribution in [-0.2, 0) is 36.7 Å². The van der Waals surface area contributed by atoms with E-state index in [2.05, 4.69) is 9.05 Å². The maximum atomic E-state index is 11.5. The molecule has 1 heterocycles. The summed E-state index contributed by atoms with van der Waals surface area (Å²) >= 11 is 0. The third kappa shape index (κ3) is 5.40. The Hall–Kier alpha value is 0.205. The second-order valence-corrected chi connectivity index (χ2v) is 7.32. The Morgan fingerprint density at radius 1 is 1.10 bits per heavy atom. The Morgan fingerprint density at radius 3 is 2.14 bits per heavy atom. The Balaban J connectivity index is 2.80. The second-order valence-electron chi connectivity index (χ2n) is 4.25. The summed E-state index contributed by atoms with van der Waals surface area (Å²) in [6.07, 6.45) is -2.59. The molecule has 1 fully saturated rings. The molecule has 10 nitrogen and oxygen atoms in total. The van der Waals surface area contributed by atoms with Crippen LogP contribution in [0.4, 0.5) is 0 Å². The van der Waals surface area contributed by atoms with Gasteiger partial charge in [0.15, 0.2) is 0 Å². The number of hydrogen-bond donors (Lipinski definition) is 2. The van der Waals surface area contributed by atoms with Gasteiger partial charge in [-0.2, -0.15) is 0 Å². The summed E-state index contributed by atoms with van der Waals surface area (Å²) in [6.45, 7) is -0.389. The van der Waals surface area contributed by atoms with Gasteiger partial charge in [0, 0.05) is 21.3 Å². The number of hydrogen-bond acceptors (Lipinski definition) is 8. The summed E-state index contributed by atoms with van der Waals surface area (Å²) in [5, 5.41) is 0. The average Bonchev–Trinajstić information content (AvgIpc) is 2.71. The Kier molecular flexibility index (Phi) is 7.02. The standard InChI is InChI=1S/C8H19BO10P2/c1-14-7-6(19-21(12,13)16-3)5(18-8(7)9)4-17-20(10,11)15-2/h5-8H,4,9H2,1-3H3,(H,10,11)(H,12,13)/t5-,6?,7+,8-/m1/s1. The lowest BCUT2D eigenvalue weighted by Gasteiger charge is -2.24. The molecule has 0 spiro atoms. The number of ether oxygens (including phenoxy) is 2. The van der Waals surface area contributed by atoms with Crippen molar-refractivity contribution in [2.24, 2.45) is 0 Å². The molecule has 0 amide bonds. The first kappa shape index (κ1) is 19.3. The normalized spacial score (nSPS) is 35.3. The van der Waals surface area contributed by atoms with Gasteiger partial charge in [-0.05, 0) is 0 Å². The molecule has 1 aliphatic heterocycles. The van der Waals surface area contributed by atoms with Crippen molar-refractivity contribution < 1.29 is 46.5 Å². The van der Waals surface area contributed by atoms with Crippen LogP contribution in [0.3, 0.4) is 0 Å². The van der Waals surface area contributed by atoms with Crippen LogP contribution in [0, 0.1) is 0 Å². The SMILES string of the molecule is B[C@@H]1O[C@H](COP(=O)(O)OC)C(OP(=O)(O)OC)[C@@H]1OC. The first-order valence-corrected chi connectivity index (χ1v) is 8.93. The molecule has 124 valence electrons. The van der Waals surface area contributed by atoms with Crippen LogP contribution in [0.1, 0.15) is 0 Å². The lowest BCUT2D eigenvalue weighted by atomic mass is 9.93. The molecule has 1 rings (SSSR count). The van der Waals surface area contributed by atoms with Gasteiger partial charge in [-0.25, -0.2) is 9.13 Å². The zero-order valence-electron chi connectivity index (χ0n) is 12.1. The summed E-state index contributed by atoms with van der Waals surface area (Å²) < 4.78 is 51.7. The van der Waals surface area contributed by atoms with Crippen LogP contribution < -0.4 is 0 Å². The fraction of sp³-hybridized carbons (Fsp3) is 1.00. The van der Waals surface area contributed by atoms with E-state index in [1.54, 1.807) is 7.85 Å². The van der Waals surface area contributed by atoms with E-state index in [9.17, 15) is 18.9 Å². The molecule has 0 aliphatic carbocycles. The van der Waals surface area contributed by atoms with E-state index < -0.39 is 40.0 Å². The number of rotatable bonds is 8. The highest BCUT2D eigenvalue weighted by molar-refractivity contribution is 7.47. The first-order valence-electron chi connectivity index (χ1n) is 5.94. The third-order valence-electron chi connectivity index (χ3n) is 2.93. The summed E-state index contributed by atoms with van der Waals surface area (Å²) in [7, 11) is -3.42. The smallest absolute Gasteiger partial charge is 0.377 e. The van der Waals surface area contributed by atoms with Crippen molar-refractivity contribution in [2.75, 3.05) is 27.9 Å². The molecule has 0 aromatic rings. The zero-order chi connectivity index (χ0) is 16.3.